The summed E-state index contributed by atoms with van der Waals surface area (Å²) < 4.78 is 1.33. The molecule has 2 aromatic heterocycles. The summed E-state index contributed by atoms with van der Waals surface area (Å²) in [7, 11) is 0. The van der Waals surface area contributed by atoms with Gasteiger partial charge in [0.25, 0.3) is 0 Å². The van der Waals surface area contributed by atoms with E-state index in [0.717, 1.165) is 6.42 Å². The van der Waals surface area contributed by atoms with Gasteiger partial charge in [0.05, 0.1) is 6.20 Å². The van der Waals surface area contributed by atoms with Crippen LogP contribution in [-0.4, -0.2) is 37.5 Å². The minimum absolute atomic E-state index is 0.153. The second kappa shape index (κ2) is 4.66. The van der Waals surface area contributed by atoms with Crippen LogP contribution < -0.4 is 0 Å². The fourth-order valence-corrected chi connectivity index (χ4v) is 2.70. The predicted molar refractivity (Wildman–Crippen MR) is 76.7 cm³/mol. The van der Waals surface area contributed by atoms with Crippen LogP contribution in [0.2, 0.25) is 0 Å². The molecule has 0 N–H and O–H groups in total. The van der Waals surface area contributed by atoms with Gasteiger partial charge in [-0.2, -0.15) is 4.68 Å². The van der Waals surface area contributed by atoms with Crippen molar-refractivity contribution in [2.24, 2.45) is 0 Å². The van der Waals surface area contributed by atoms with E-state index in [4.69, 9.17) is 0 Å². The lowest BCUT2D eigenvalue weighted by Gasteiger charge is -2.28. The van der Waals surface area contributed by atoms with Gasteiger partial charge in [0.1, 0.15) is 11.0 Å². The molecule has 0 bridgehead atoms. The zero-order chi connectivity index (χ0) is 14.2. The Morgan fingerprint density at radius 1 is 1.14 bits per heavy atom. The third-order valence-electron chi connectivity index (χ3n) is 3.83. The summed E-state index contributed by atoms with van der Waals surface area (Å²) in [5, 5.41) is 7.97. The molecule has 0 unspecified atom stereocenters. The van der Waals surface area contributed by atoms with Crippen LogP contribution in [0.3, 0.4) is 0 Å². The Morgan fingerprint density at radius 2 is 2.00 bits per heavy atom. The molecule has 1 aliphatic rings. The van der Waals surface area contributed by atoms with Crippen LogP contribution in [0.15, 0.2) is 42.7 Å². The number of benzene rings is 1. The summed E-state index contributed by atoms with van der Waals surface area (Å²) in [5.41, 5.74) is 3.82. The van der Waals surface area contributed by atoms with Gasteiger partial charge in [-0.1, -0.05) is 29.5 Å². The molecule has 3 heterocycles. The van der Waals surface area contributed by atoms with Gasteiger partial charge in [-0.05, 0) is 23.6 Å². The molecule has 4 rings (SSSR count). The summed E-state index contributed by atoms with van der Waals surface area (Å²) >= 11 is 0. The van der Waals surface area contributed by atoms with Crippen LogP contribution in [0.5, 0.6) is 0 Å². The van der Waals surface area contributed by atoms with Crippen LogP contribution in [0.25, 0.3) is 11.0 Å². The number of nitrogens with zero attached hydrogens (tertiary/aromatic N) is 5. The number of fused-ring (bicyclic) bond motifs is 2. The van der Waals surface area contributed by atoms with Crippen LogP contribution in [0.1, 0.15) is 11.1 Å². The van der Waals surface area contributed by atoms with Gasteiger partial charge in [-0.15, -0.1) is 5.10 Å². The highest BCUT2D eigenvalue weighted by atomic mass is 16.2. The first-order chi connectivity index (χ1) is 10.3. The third kappa shape index (κ3) is 1.96. The summed E-state index contributed by atoms with van der Waals surface area (Å²) in [6, 6.07) is 9.81. The first kappa shape index (κ1) is 12.0. The number of hydrogen-bond acceptors (Lipinski definition) is 4. The smallest absolute Gasteiger partial charge is 0.318 e. The molecule has 1 aliphatic heterocycles. The molecule has 6 heteroatoms. The highest BCUT2D eigenvalue weighted by molar-refractivity contribution is 5.87. The van der Waals surface area contributed by atoms with E-state index in [2.05, 4.69) is 27.4 Å². The Morgan fingerprint density at radius 3 is 2.90 bits per heavy atom. The largest absolute Gasteiger partial charge is 0.347 e. The Kier molecular flexibility index (Phi) is 2.67. The second-order valence-electron chi connectivity index (χ2n) is 5.09. The van der Waals surface area contributed by atoms with Crippen molar-refractivity contribution in [3.05, 3.63) is 53.9 Å². The minimum Gasteiger partial charge on any atom is -0.318 e. The van der Waals surface area contributed by atoms with Gasteiger partial charge in [0, 0.05) is 19.3 Å². The number of rotatable bonds is 0. The Bertz CT molecular complexity index is 826. The van der Waals surface area contributed by atoms with Gasteiger partial charge >= 0.3 is 6.03 Å². The maximum atomic E-state index is 12.6. The maximum Gasteiger partial charge on any atom is 0.347 e. The molecule has 0 fully saturated rings. The number of hydrogen-bond donors (Lipinski definition) is 0. The zero-order valence-electron chi connectivity index (χ0n) is 11.3. The van der Waals surface area contributed by atoms with E-state index >= 15 is 0 Å². The first-order valence-corrected chi connectivity index (χ1v) is 6.84. The lowest BCUT2D eigenvalue weighted by molar-refractivity contribution is 0.191. The lowest BCUT2D eigenvalue weighted by atomic mass is 10.0. The van der Waals surface area contributed by atoms with Gasteiger partial charge < -0.3 is 4.90 Å². The van der Waals surface area contributed by atoms with Gasteiger partial charge in [-0.3, -0.25) is 4.98 Å². The number of aromatic nitrogens is 4. The highest BCUT2D eigenvalue weighted by Gasteiger charge is 2.23. The van der Waals surface area contributed by atoms with Gasteiger partial charge in [0.15, 0.2) is 0 Å². The van der Waals surface area contributed by atoms with Crippen molar-refractivity contribution >= 4 is 17.1 Å². The summed E-state index contributed by atoms with van der Waals surface area (Å²) in [5.74, 6) is 0. The monoisotopic (exact) mass is 279 g/mol. The number of carbonyl (C=O) groups excluding carboxylic acids is 1. The molecule has 0 aliphatic carbocycles. The van der Waals surface area contributed by atoms with E-state index < -0.39 is 0 Å². The average Bonchev–Trinajstić information content (AvgIpc) is 2.98. The Hall–Kier alpha value is -2.76. The predicted octanol–water partition coefficient (Wildman–Crippen LogP) is 1.85. The SMILES string of the molecule is O=C(N1CCc2ccccc2C1)n1nnc2ccncc21. The van der Waals surface area contributed by atoms with Crippen LogP contribution in [0.4, 0.5) is 4.79 Å². The van der Waals surface area contributed by atoms with Crippen molar-refractivity contribution in [1.82, 2.24) is 24.9 Å². The average molecular weight is 279 g/mol. The van der Waals surface area contributed by atoms with Crippen molar-refractivity contribution < 1.29 is 4.79 Å². The number of pyridine rings is 1. The number of carbonyl (C=O) groups is 1. The molecule has 0 saturated carbocycles. The van der Waals surface area contributed by atoms with Crippen molar-refractivity contribution in [3.8, 4) is 0 Å². The fraction of sp³-hybridized carbons (Fsp3) is 0.200. The molecule has 1 aromatic carbocycles. The normalized spacial score (nSPS) is 14.2. The molecule has 1 amide bonds. The molecule has 6 nitrogen and oxygen atoms in total. The van der Waals surface area contributed by atoms with E-state index in [9.17, 15) is 4.79 Å². The standard InChI is InChI=1S/C15H13N5O/c21-15(20-14-9-16-7-5-13(14)17-18-20)19-8-6-11-3-1-2-4-12(11)10-19/h1-5,7,9H,6,8,10H2. The van der Waals surface area contributed by atoms with Crippen molar-refractivity contribution in [2.45, 2.75) is 13.0 Å². The van der Waals surface area contributed by atoms with E-state index in [1.165, 1.54) is 15.8 Å². The zero-order valence-corrected chi connectivity index (χ0v) is 11.3. The van der Waals surface area contributed by atoms with E-state index in [1.54, 1.807) is 23.4 Å². The van der Waals surface area contributed by atoms with E-state index in [0.29, 0.717) is 24.1 Å². The molecule has 0 spiro atoms. The molecule has 0 atom stereocenters. The maximum absolute atomic E-state index is 12.6. The van der Waals surface area contributed by atoms with Gasteiger partial charge in [0.2, 0.25) is 0 Å². The highest BCUT2D eigenvalue weighted by Crippen LogP contribution is 2.20. The lowest BCUT2D eigenvalue weighted by Crippen LogP contribution is -2.39. The van der Waals surface area contributed by atoms with E-state index in [1.807, 2.05) is 12.1 Å². The fourth-order valence-electron chi connectivity index (χ4n) is 2.70. The second-order valence-corrected chi connectivity index (χ2v) is 5.09. The molecular weight excluding hydrogens is 266 g/mol. The van der Waals surface area contributed by atoms with E-state index in [-0.39, 0.29) is 6.03 Å². The molecule has 21 heavy (non-hydrogen) atoms. The van der Waals surface area contributed by atoms with Crippen molar-refractivity contribution in [1.29, 1.82) is 0 Å². The molecular formula is C15H13N5O. The molecule has 0 radical (unpaired) electrons. The summed E-state index contributed by atoms with van der Waals surface area (Å²) in [4.78, 5) is 18.5. The minimum atomic E-state index is -0.153. The molecule has 3 aromatic rings. The summed E-state index contributed by atoms with van der Waals surface area (Å²) in [6.45, 7) is 1.30. The van der Waals surface area contributed by atoms with Crippen LogP contribution in [0, 0.1) is 0 Å². The van der Waals surface area contributed by atoms with Gasteiger partial charge in [-0.25, -0.2) is 4.79 Å². The molecule has 0 saturated heterocycles. The van der Waals surface area contributed by atoms with Crippen molar-refractivity contribution in [3.63, 3.8) is 0 Å². The Labute approximate surface area is 121 Å². The third-order valence-corrected chi connectivity index (χ3v) is 3.83. The number of amides is 1. The van der Waals surface area contributed by atoms with Crippen LogP contribution in [-0.2, 0) is 13.0 Å². The topological polar surface area (TPSA) is 63.9 Å². The first-order valence-electron chi connectivity index (χ1n) is 6.84. The quantitative estimate of drug-likeness (QED) is 0.630. The van der Waals surface area contributed by atoms with Crippen molar-refractivity contribution in [2.75, 3.05) is 6.54 Å². The molecule has 104 valence electrons. The Balaban J connectivity index is 1.67. The van der Waals surface area contributed by atoms with Crippen LogP contribution >= 0.6 is 0 Å². The summed E-state index contributed by atoms with van der Waals surface area (Å²) in [6.07, 6.45) is 4.13.